The van der Waals surface area contributed by atoms with Gasteiger partial charge in [-0.2, -0.15) is 5.10 Å². The summed E-state index contributed by atoms with van der Waals surface area (Å²) >= 11 is 0. The molecule has 2 aliphatic rings. The van der Waals surface area contributed by atoms with E-state index in [4.69, 9.17) is 4.74 Å². The number of aromatic nitrogens is 2. The first-order valence-corrected chi connectivity index (χ1v) is 11.3. The molecule has 5 rings (SSSR count). The summed E-state index contributed by atoms with van der Waals surface area (Å²) in [4.78, 5) is 17.3. The van der Waals surface area contributed by atoms with Gasteiger partial charge in [-0.1, -0.05) is 6.07 Å². The van der Waals surface area contributed by atoms with Crippen LogP contribution in [-0.4, -0.2) is 58.8 Å². The summed E-state index contributed by atoms with van der Waals surface area (Å²) in [5.74, 6) is -2.18. The van der Waals surface area contributed by atoms with Crippen molar-refractivity contribution in [3.8, 4) is 11.4 Å². The molecule has 1 amide bonds. The van der Waals surface area contributed by atoms with Crippen molar-refractivity contribution in [3.05, 3.63) is 76.4 Å². The molecule has 1 fully saturated rings. The number of amides is 1. The van der Waals surface area contributed by atoms with Gasteiger partial charge in [0.1, 0.15) is 0 Å². The zero-order valence-electron chi connectivity index (χ0n) is 18.9. The standard InChI is InChI=1S/C25H25F3N4O2/c1-34-23-8-5-16(13-21(23)28)15-30-9-11-31(12-10-30)25(33)24-18-3-2-4-22(18)32(29-24)17-6-7-19(26)20(27)14-17/h5-8,13-14H,2-4,9-12,15H2,1H3. The summed E-state index contributed by atoms with van der Waals surface area (Å²) < 4.78 is 47.7. The van der Waals surface area contributed by atoms with Crippen LogP contribution in [0.2, 0.25) is 0 Å². The molecule has 0 radical (unpaired) electrons. The molecule has 1 aliphatic heterocycles. The Morgan fingerprint density at radius 1 is 0.971 bits per heavy atom. The van der Waals surface area contributed by atoms with Gasteiger partial charge >= 0.3 is 0 Å². The van der Waals surface area contributed by atoms with Crippen LogP contribution < -0.4 is 4.74 Å². The van der Waals surface area contributed by atoms with E-state index in [2.05, 4.69) is 10.00 Å². The van der Waals surface area contributed by atoms with Gasteiger partial charge < -0.3 is 9.64 Å². The SMILES string of the molecule is COc1ccc(CN2CCN(C(=O)c3nn(-c4ccc(F)c(F)c4)c4c3CCC4)CC2)cc1F. The first-order chi connectivity index (χ1) is 16.4. The second-order valence-corrected chi connectivity index (χ2v) is 8.67. The molecule has 6 nitrogen and oxygen atoms in total. The Labute approximate surface area is 195 Å². The molecule has 0 saturated carbocycles. The molecule has 9 heteroatoms. The Bertz CT molecular complexity index is 1240. The largest absolute Gasteiger partial charge is 0.494 e. The molecule has 0 bridgehead atoms. The highest BCUT2D eigenvalue weighted by molar-refractivity contribution is 5.94. The highest BCUT2D eigenvalue weighted by Gasteiger charge is 2.31. The number of rotatable bonds is 5. The monoisotopic (exact) mass is 470 g/mol. The van der Waals surface area contributed by atoms with E-state index in [1.165, 1.54) is 19.2 Å². The quantitative estimate of drug-likeness (QED) is 0.570. The van der Waals surface area contributed by atoms with E-state index in [0.717, 1.165) is 48.2 Å². The van der Waals surface area contributed by atoms with Gasteiger partial charge in [-0.25, -0.2) is 17.9 Å². The van der Waals surface area contributed by atoms with Gasteiger partial charge in [-0.3, -0.25) is 9.69 Å². The second-order valence-electron chi connectivity index (χ2n) is 8.67. The van der Waals surface area contributed by atoms with Crippen molar-refractivity contribution in [3.63, 3.8) is 0 Å². The number of halogens is 3. The van der Waals surface area contributed by atoms with Crippen molar-refractivity contribution >= 4 is 5.91 Å². The first kappa shape index (κ1) is 22.5. The third-order valence-electron chi connectivity index (χ3n) is 6.56. The van der Waals surface area contributed by atoms with Crippen LogP contribution in [0.4, 0.5) is 13.2 Å². The number of hydrogen-bond acceptors (Lipinski definition) is 4. The summed E-state index contributed by atoms with van der Waals surface area (Å²) in [5, 5.41) is 4.53. The van der Waals surface area contributed by atoms with Crippen LogP contribution in [0.5, 0.6) is 5.75 Å². The summed E-state index contributed by atoms with van der Waals surface area (Å²) in [7, 11) is 1.44. The maximum absolute atomic E-state index is 14.0. The van der Waals surface area contributed by atoms with Crippen LogP contribution in [0.3, 0.4) is 0 Å². The Balaban J connectivity index is 1.29. The lowest BCUT2D eigenvalue weighted by atomic mass is 10.1. The number of hydrogen-bond donors (Lipinski definition) is 0. The summed E-state index contributed by atoms with van der Waals surface area (Å²) in [6, 6.07) is 8.59. The number of carbonyl (C=O) groups is 1. The molecular weight excluding hydrogens is 445 g/mol. The van der Waals surface area contributed by atoms with Gasteiger partial charge in [0.25, 0.3) is 5.91 Å². The predicted octanol–water partition coefficient (Wildman–Crippen LogP) is 3.74. The molecule has 0 spiro atoms. The van der Waals surface area contributed by atoms with E-state index < -0.39 is 11.6 Å². The molecule has 2 aromatic carbocycles. The summed E-state index contributed by atoms with van der Waals surface area (Å²) in [6.07, 6.45) is 2.37. The average Bonchev–Trinajstić information content (AvgIpc) is 3.44. The van der Waals surface area contributed by atoms with Crippen molar-refractivity contribution in [2.24, 2.45) is 0 Å². The lowest BCUT2D eigenvalue weighted by molar-refractivity contribution is 0.0621. The number of ether oxygens (including phenoxy) is 1. The van der Waals surface area contributed by atoms with E-state index in [1.54, 1.807) is 15.6 Å². The minimum atomic E-state index is -0.944. The smallest absolute Gasteiger partial charge is 0.274 e. The fraction of sp³-hybridized carbons (Fsp3) is 0.360. The van der Waals surface area contributed by atoms with Crippen molar-refractivity contribution in [2.75, 3.05) is 33.3 Å². The Hall–Kier alpha value is -3.33. The van der Waals surface area contributed by atoms with Gasteiger partial charge in [0.15, 0.2) is 28.9 Å². The van der Waals surface area contributed by atoms with Gasteiger partial charge in [0.2, 0.25) is 0 Å². The molecule has 1 aromatic heterocycles. The van der Waals surface area contributed by atoms with Crippen molar-refractivity contribution in [1.82, 2.24) is 19.6 Å². The molecule has 2 heterocycles. The molecule has 1 aliphatic carbocycles. The normalized spacial score (nSPS) is 16.1. The molecular formula is C25H25F3N4O2. The second kappa shape index (κ2) is 9.13. The highest BCUT2D eigenvalue weighted by atomic mass is 19.2. The van der Waals surface area contributed by atoms with E-state index >= 15 is 0 Å². The maximum atomic E-state index is 14.0. The Morgan fingerprint density at radius 3 is 2.47 bits per heavy atom. The molecule has 0 N–H and O–H groups in total. The zero-order valence-corrected chi connectivity index (χ0v) is 18.9. The van der Waals surface area contributed by atoms with Crippen molar-refractivity contribution in [1.29, 1.82) is 0 Å². The summed E-state index contributed by atoms with van der Waals surface area (Å²) in [6.45, 7) is 2.97. The van der Waals surface area contributed by atoms with Crippen LogP contribution in [-0.2, 0) is 19.4 Å². The minimum Gasteiger partial charge on any atom is -0.494 e. The molecule has 0 unspecified atom stereocenters. The molecule has 34 heavy (non-hydrogen) atoms. The number of benzene rings is 2. The van der Waals surface area contributed by atoms with Gasteiger partial charge in [0.05, 0.1) is 12.8 Å². The van der Waals surface area contributed by atoms with Gasteiger partial charge in [-0.05, 0) is 49.1 Å². The average molecular weight is 470 g/mol. The van der Waals surface area contributed by atoms with E-state index in [-0.39, 0.29) is 17.5 Å². The number of methoxy groups -OCH3 is 1. The molecule has 3 aromatic rings. The number of carbonyl (C=O) groups excluding carboxylic acids is 1. The topological polar surface area (TPSA) is 50.6 Å². The zero-order chi connectivity index (χ0) is 23.8. The molecule has 1 saturated heterocycles. The van der Waals surface area contributed by atoms with E-state index in [0.29, 0.717) is 44.1 Å². The van der Waals surface area contributed by atoms with Crippen LogP contribution in [0, 0.1) is 17.5 Å². The fourth-order valence-electron chi connectivity index (χ4n) is 4.76. The van der Waals surface area contributed by atoms with Crippen LogP contribution in [0.1, 0.15) is 33.7 Å². The number of fused-ring (bicyclic) bond motifs is 1. The number of nitrogens with zero attached hydrogens (tertiary/aromatic N) is 4. The van der Waals surface area contributed by atoms with Gasteiger partial charge in [0, 0.05) is 50.0 Å². The van der Waals surface area contributed by atoms with Gasteiger partial charge in [-0.15, -0.1) is 0 Å². The van der Waals surface area contributed by atoms with E-state index in [9.17, 15) is 18.0 Å². The van der Waals surface area contributed by atoms with Crippen molar-refractivity contribution < 1.29 is 22.7 Å². The predicted molar refractivity (Wildman–Crippen MR) is 120 cm³/mol. The van der Waals surface area contributed by atoms with Crippen LogP contribution in [0.25, 0.3) is 5.69 Å². The lowest BCUT2D eigenvalue weighted by Crippen LogP contribution is -2.48. The third-order valence-corrected chi connectivity index (χ3v) is 6.56. The minimum absolute atomic E-state index is 0.144. The lowest BCUT2D eigenvalue weighted by Gasteiger charge is -2.34. The highest BCUT2D eigenvalue weighted by Crippen LogP contribution is 2.29. The Morgan fingerprint density at radius 2 is 1.76 bits per heavy atom. The van der Waals surface area contributed by atoms with Crippen LogP contribution >= 0.6 is 0 Å². The summed E-state index contributed by atoms with van der Waals surface area (Å²) in [5.41, 5.74) is 3.43. The first-order valence-electron chi connectivity index (χ1n) is 11.3. The molecule has 0 atom stereocenters. The number of piperazine rings is 1. The molecule has 178 valence electrons. The van der Waals surface area contributed by atoms with Crippen molar-refractivity contribution in [2.45, 2.75) is 25.8 Å². The van der Waals surface area contributed by atoms with Crippen LogP contribution in [0.15, 0.2) is 36.4 Å². The maximum Gasteiger partial charge on any atom is 0.274 e. The Kier molecular flexibility index (Phi) is 6.03. The third kappa shape index (κ3) is 4.16. The fourth-order valence-corrected chi connectivity index (χ4v) is 4.76. The van der Waals surface area contributed by atoms with E-state index in [1.807, 2.05) is 6.07 Å².